The van der Waals surface area contributed by atoms with Crippen LogP contribution in [0.5, 0.6) is 0 Å². The lowest BCUT2D eigenvalue weighted by atomic mass is 9.66. The molecule has 0 saturated heterocycles. The minimum atomic E-state index is -0.850. The third-order valence-corrected chi connectivity index (χ3v) is 4.16. The summed E-state index contributed by atoms with van der Waals surface area (Å²) in [6, 6.07) is 7.46. The lowest BCUT2D eigenvalue weighted by molar-refractivity contribution is -0.157. The van der Waals surface area contributed by atoms with Crippen LogP contribution in [0.15, 0.2) is 24.3 Å². The van der Waals surface area contributed by atoms with Gasteiger partial charge in [0.05, 0.1) is 5.41 Å². The summed E-state index contributed by atoms with van der Waals surface area (Å²) in [5.74, 6) is -1.03. The molecule has 2 rings (SSSR count). The molecule has 0 spiro atoms. The molecule has 1 aliphatic carbocycles. The standard InChI is InChI=1S/C15H18ClNO3/c16-12-4-2-11(3-5-12)6-9-17-13(18)10-15(14(19)20)7-1-8-15/h2-5H,1,6-10H2,(H,17,18)(H,19,20). The van der Waals surface area contributed by atoms with Gasteiger partial charge >= 0.3 is 5.97 Å². The molecule has 0 bridgehead atoms. The van der Waals surface area contributed by atoms with Gasteiger partial charge in [-0.25, -0.2) is 0 Å². The highest BCUT2D eigenvalue weighted by Crippen LogP contribution is 2.44. The lowest BCUT2D eigenvalue weighted by Crippen LogP contribution is -2.42. The molecule has 4 nitrogen and oxygen atoms in total. The SMILES string of the molecule is O=C(CC1(C(=O)O)CCC1)NCCc1ccc(Cl)cc1. The number of carbonyl (C=O) groups excluding carboxylic acids is 1. The molecule has 20 heavy (non-hydrogen) atoms. The molecule has 0 aliphatic heterocycles. The van der Waals surface area contributed by atoms with Crippen LogP contribution in [0.2, 0.25) is 5.02 Å². The average molecular weight is 296 g/mol. The van der Waals surface area contributed by atoms with Crippen LogP contribution in [-0.4, -0.2) is 23.5 Å². The zero-order chi connectivity index (χ0) is 14.6. The van der Waals surface area contributed by atoms with Gasteiger partial charge in [-0.1, -0.05) is 30.2 Å². The highest BCUT2D eigenvalue weighted by atomic mass is 35.5. The Balaban J connectivity index is 1.75. The van der Waals surface area contributed by atoms with E-state index in [2.05, 4.69) is 5.32 Å². The van der Waals surface area contributed by atoms with Gasteiger partial charge in [0, 0.05) is 18.0 Å². The minimum Gasteiger partial charge on any atom is -0.481 e. The summed E-state index contributed by atoms with van der Waals surface area (Å²) in [5.41, 5.74) is 0.274. The molecule has 5 heteroatoms. The van der Waals surface area contributed by atoms with Crippen LogP contribution in [-0.2, 0) is 16.0 Å². The van der Waals surface area contributed by atoms with Crippen molar-refractivity contribution in [2.24, 2.45) is 5.41 Å². The van der Waals surface area contributed by atoms with Gasteiger partial charge < -0.3 is 10.4 Å². The fourth-order valence-electron chi connectivity index (χ4n) is 2.44. The Kier molecular flexibility index (Phi) is 4.65. The molecule has 0 aromatic heterocycles. The van der Waals surface area contributed by atoms with Crippen molar-refractivity contribution in [3.05, 3.63) is 34.9 Å². The molecule has 1 amide bonds. The van der Waals surface area contributed by atoms with Crippen LogP contribution in [0.1, 0.15) is 31.2 Å². The first-order valence-corrected chi connectivity index (χ1v) is 7.14. The van der Waals surface area contributed by atoms with E-state index >= 15 is 0 Å². The molecule has 0 radical (unpaired) electrons. The summed E-state index contributed by atoms with van der Waals surface area (Å²) >= 11 is 5.80. The molecule has 0 atom stereocenters. The number of carbonyl (C=O) groups is 2. The average Bonchev–Trinajstić information content (AvgIpc) is 2.36. The number of amides is 1. The van der Waals surface area contributed by atoms with Crippen LogP contribution in [0.3, 0.4) is 0 Å². The second kappa shape index (κ2) is 6.27. The van der Waals surface area contributed by atoms with Crippen molar-refractivity contribution in [3.63, 3.8) is 0 Å². The smallest absolute Gasteiger partial charge is 0.310 e. The summed E-state index contributed by atoms with van der Waals surface area (Å²) in [4.78, 5) is 23.0. The van der Waals surface area contributed by atoms with E-state index in [0.717, 1.165) is 12.0 Å². The van der Waals surface area contributed by atoms with Crippen molar-refractivity contribution < 1.29 is 14.7 Å². The molecule has 0 heterocycles. The van der Waals surface area contributed by atoms with Crippen molar-refractivity contribution in [2.45, 2.75) is 32.1 Å². The number of aliphatic carboxylic acids is 1. The molecule has 1 fully saturated rings. The quantitative estimate of drug-likeness (QED) is 0.848. The first-order valence-electron chi connectivity index (χ1n) is 6.76. The number of carboxylic acid groups (broad SMARTS) is 1. The van der Waals surface area contributed by atoms with E-state index < -0.39 is 11.4 Å². The predicted octanol–water partition coefficient (Wildman–Crippen LogP) is 2.64. The third kappa shape index (κ3) is 3.51. The maximum absolute atomic E-state index is 11.8. The van der Waals surface area contributed by atoms with Crippen molar-refractivity contribution in [2.75, 3.05) is 6.54 Å². The number of carboxylic acids is 1. The van der Waals surface area contributed by atoms with Gasteiger partial charge in [-0.15, -0.1) is 0 Å². The van der Waals surface area contributed by atoms with E-state index in [-0.39, 0.29) is 12.3 Å². The maximum Gasteiger partial charge on any atom is 0.310 e. The Morgan fingerprint density at radius 1 is 1.25 bits per heavy atom. The second-order valence-corrected chi connectivity index (χ2v) is 5.78. The normalized spacial score (nSPS) is 16.2. The molecule has 1 aromatic rings. The van der Waals surface area contributed by atoms with Crippen LogP contribution in [0, 0.1) is 5.41 Å². The Labute approximate surface area is 123 Å². The van der Waals surface area contributed by atoms with Crippen molar-refractivity contribution in [3.8, 4) is 0 Å². The summed E-state index contributed by atoms with van der Waals surface area (Å²) in [7, 11) is 0. The summed E-state index contributed by atoms with van der Waals surface area (Å²) in [5, 5.41) is 12.6. The zero-order valence-electron chi connectivity index (χ0n) is 11.2. The Hall–Kier alpha value is -1.55. The number of rotatable bonds is 6. The fourth-order valence-corrected chi connectivity index (χ4v) is 2.56. The Morgan fingerprint density at radius 2 is 1.90 bits per heavy atom. The van der Waals surface area contributed by atoms with Gasteiger partial charge in [0.2, 0.25) is 5.91 Å². The fraction of sp³-hybridized carbons (Fsp3) is 0.467. The van der Waals surface area contributed by atoms with E-state index in [1.807, 2.05) is 24.3 Å². The van der Waals surface area contributed by atoms with Crippen molar-refractivity contribution in [1.29, 1.82) is 0 Å². The molecular formula is C15H18ClNO3. The number of halogens is 1. The molecule has 0 unspecified atom stereocenters. The van der Waals surface area contributed by atoms with E-state index in [0.29, 0.717) is 30.8 Å². The molecule has 1 saturated carbocycles. The number of benzene rings is 1. The van der Waals surface area contributed by atoms with Gasteiger partial charge in [0.1, 0.15) is 0 Å². The van der Waals surface area contributed by atoms with E-state index in [4.69, 9.17) is 16.7 Å². The molecule has 108 valence electrons. The lowest BCUT2D eigenvalue weighted by Gasteiger charge is -2.36. The Bertz CT molecular complexity index is 494. The predicted molar refractivity (Wildman–Crippen MR) is 76.7 cm³/mol. The maximum atomic E-state index is 11.8. The summed E-state index contributed by atoms with van der Waals surface area (Å²) in [6.45, 7) is 0.510. The molecule has 2 N–H and O–H groups in total. The van der Waals surface area contributed by atoms with Gasteiger partial charge in [-0.05, 0) is 37.0 Å². The first kappa shape index (κ1) is 14.9. The van der Waals surface area contributed by atoms with Crippen molar-refractivity contribution >= 4 is 23.5 Å². The Morgan fingerprint density at radius 3 is 2.40 bits per heavy atom. The van der Waals surface area contributed by atoms with Crippen LogP contribution < -0.4 is 5.32 Å². The van der Waals surface area contributed by atoms with E-state index in [9.17, 15) is 9.59 Å². The van der Waals surface area contributed by atoms with Gasteiger partial charge in [-0.2, -0.15) is 0 Å². The summed E-state index contributed by atoms with van der Waals surface area (Å²) in [6.07, 6.45) is 2.90. The van der Waals surface area contributed by atoms with E-state index in [1.165, 1.54) is 0 Å². The van der Waals surface area contributed by atoms with Crippen LogP contribution >= 0.6 is 11.6 Å². The molecule has 1 aliphatic rings. The third-order valence-electron chi connectivity index (χ3n) is 3.91. The highest BCUT2D eigenvalue weighted by molar-refractivity contribution is 6.30. The van der Waals surface area contributed by atoms with Crippen molar-refractivity contribution in [1.82, 2.24) is 5.32 Å². The zero-order valence-corrected chi connectivity index (χ0v) is 11.9. The topological polar surface area (TPSA) is 66.4 Å². The van der Waals surface area contributed by atoms with Crippen LogP contribution in [0.25, 0.3) is 0 Å². The number of hydrogen-bond donors (Lipinski definition) is 2. The van der Waals surface area contributed by atoms with Gasteiger partial charge in [-0.3, -0.25) is 9.59 Å². The largest absolute Gasteiger partial charge is 0.481 e. The monoisotopic (exact) mass is 295 g/mol. The number of hydrogen-bond acceptors (Lipinski definition) is 2. The van der Waals surface area contributed by atoms with Gasteiger partial charge in [0.25, 0.3) is 0 Å². The number of nitrogens with one attached hydrogen (secondary N) is 1. The molecule has 1 aromatic carbocycles. The second-order valence-electron chi connectivity index (χ2n) is 5.34. The minimum absolute atomic E-state index is 0.0863. The summed E-state index contributed by atoms with van der Waals surface area (Å²) < 4.78 is 0. The molecular weight excluding hydrogens is 278 g/mol. The highest BCUT2D eigenvalue weighted by Gasteiger charge is 2.45. The first-order chi connectivity index (χ1) is 9.52. The van der Waals surface area contributed by atoms with Crippen LogP contribution in [0.4, 0.5) is 0 Å². The van der Waals surface area contributed by atoms with E-state index in [1.54, 1.807) is 0 Å². The van der Waals surface area contributed by atoms with Gasteiger partial charge in [0.15, 0.2) is 0 Å².